The average Bonchev–Trinajstić information content (AvgIpc) is 3.89. The zero-order valence-corrected chi connectivity index (χ0v) is 29.9. The van der Waals surface area contributed by atoms with E-state index in [4.69, 9.17) is 28.8 Å². The minimum Gasteiger partial charge on any atom is -0.455 e. The Balaban J connectivity index is 0.998. The van der Waals surface area contributed by atoms with Gasteiger partial charge in [0.1, 0.15) is 16.7 Å². The van der Waals surface area contributed by atoms with Crippen molar-refractivity contribution in [3.63, 3.8) is 0 Å². The molecule has 3 aromatic heterocycles. The second kappa shape index (κ2) is 13.0. The minimum atomic E-state index is 0.577. The number of aromatic nitrogens is 4. The molecular weight excluding hydrogens is 689 g/mol. The minimum absolute atomic E-state index is 0.577. The molecule has 0 aliphatic rings. The quantitative estimate of drug-likeness (QED) is 0.170. The van der Waals surface area contributed by atoms with E-state index in [9.17, 15) is 0 Å². The molecule has 0 bridgehead atoms. The summed E-state index contributed by atoms with van der Waals surface area (Å²) < 4.78 is 13.0. The van der Waals surface area contributed by atoms with E-state index in [2.05, 4.69) is 97.1 Å². The summed E-state index contributed by atoms with van der Waals surface area (Å²) in [5, 5.41) is 4.35. The molecule has 0 spiro atoms. The molecule has 0 aliphatic heterocycles. The summed E-state index contributed by atoms with van der Waals surface area (Å²) in [5.74, 6) is 2.38. The lowest BCUT2D eigenvalue weighted by molar-refractivity contribution is 0.620. The molecule has 11 rings (SSSR count). The summed E-state index contributed by atoms with van der Waals surface area (Å²) >= 11 is 0. The van der Waals surface area contributed by atoms with E-state index >= 15 is 0 Å². The lowest BCUT2D eigenvalue weighted by atomic mass is 10.00. The van der Waals surface area contributed by atoms with Crippen LogP contribution in [0.15, 0.2) is 191 Å². The molecule has 0 N–H and O–H groups in total. The molecule has 11 aromatic rings. The monoisotopic (exact) mass is 718 g/mol. The van der Waals surface area contributed by atoms with E-state index in [0.717, 1.165) is 77.5 Å². The SMILES string of the molecule is c1ccc(-c2nc(-c3ccccc3)nc(-c3cccc4oc5c(-c6ccc7oc(-c8cccc(-c9ccc%10ccccc%10c9)c8)nc7c6)cccc5c34)n2)cc1. The van der Waals surface area contributed by atoms with Crippen molar-refractivity contribution in [2.45, 2.75) is 0 Å². The van der Waals surface area contributed by atoms with E-state index in [1.807, 2.05) is 84.9 Å². The van der Waals surface area contributed by atoms with Crippen molar-refractivity contribution in [3.8, 4) is 67.9 Å². The van der Waals surface area contributed by atoms with Gasteiger partial charge in [0.05, 0.1) is 0 Å². The van der Waals surface area contributed by atoms with Gasteiger partial charge >= 0.3 is 0 Å². The van der Waals surface area contributed by atoms with Gasteiger partial charge in [-0.2, -0.15) is 0 Å². The summed E-state index contributed by atoms with van der Waals surface area (Å²) in [7, 11) is 0. The second-order valence-electron chi connectivity index (χ2n) is 13.8. The molecule has 0 aliphatic carbocycles. The number of furan rings is 1. The lowest BCUT2D eigenvalue weighted by Crippen LogP contribution is -2.00. The molecule has 0 saturated heterocycles. The fourth-order valence-corrected chi connectivity index (χ4v) is 7.61. The van der Waals surface area contributed by atoms with Crippen LogP contribution in [0.4, 0.5) is 0 Å². The molecule has 56 heavy (non-hydrogen) atoms. The zero-order valence-electron chi connectivity index (χ0n) is 29.9. The fourth-order valence-electron chi connectivity index (χ4n) is 7.61. The normalized spacial score (nSPS) is 11.6. The van der Waals surface area contributed by atoms with E-state index in [0.29, 0.717) is 23.4 Å². The predicted octanol–water partition coefficient (Wildman–Crippen LogP) is 13.1. The van der Waals surface area contributed by atoms with Crippen LogP contribution in [0.5, 0.6) is 0 Å². The number of oxazole rings is 1. The Morgan fingerprint density at radius 2 is 0.964 bits per heavy atom. The number of para-hydroxylation sites is 1. The van der Waals surface area contributed by atoms with Crippen LogP contribution in [0, 0.1) is 0 Å². The number of benzene rings is 8. The topological polar surface area (TPSA) is 77.8 Å². The predicted molar refractivity (Wildman–Crippen MR) is 225 cm³/mol. The van der Waals surface area contributed by atoms with Crippen LogP contribution < -0.4 is 0 Å². The van der Waals surface area contributed by atoms with Crippen LogP contribution in [0.1, 0.15) is 0 Å². The maximum Gasteiger partial charge on any atom is 0.227 e. The van der Waals surface area contributed by atoms with Crippen molar-refractivity contribution in [3.05, 3.63) is 182 Å². The van der Waals surface area contributed by atoms with Gasteiger partial charge in [-0.1, -0.05) is 146 Å². The first-order chi connectivity index (χ1) is 27.7. The molecule has 0 atom stereocenters. The van der Waals surface area contributed by atoms with Crippen LogP contribution in [-0.2, 0) is 0 Å². The van der Waals surface area contributed by atoms with Crippen molar-refractivity contribution in [2.24, 2.45) is 0 Å². The van der Waals surface area contributed by atoms with Crippen molar-refractivity contribution >= 4 is 43.8 Å². The first-order valence-corrected chi connectivity index (χ1v) is 18.5. The Labute approximate surface area is 321 Å². The summed E-state index contributed by atoms with van der Waals surface area (Å²) in [6, 6.07) is 61.8. The fraction of sp³-hybridized carbons (Fsp3) is 0. The molecule has 0 fully saturated rings. The third-order valence-electron chi connectivity index (χ3n) is 10.4. The van der Waals surface area contributed by atoms with Crippen LogP contribution in [0.2, 0.25) is 0 Å². The van der Waals surface area contributed by atoms with Gasteiger partial charge in [-0.25, -0.2) is 19.9 Å². The summed E-state index contributed by atoms with van der Waals surface area (Å²) in [6.07, 6.45) is 0. The highest BCUT2D eigenvalue weighted by molar-refractivity contribution is 6.15. The second-order valence-corrected chi connectivity index (χ2v) is 13.8. The molecule has 0 radical (unpaired) electrons. The number of hydrogen-bond acceptors (Lipinski definition) is 6. The van der Waals surface area contributed by atoms with Crippen LogP contribution >= 0.6 is 0 Å². The standard InChI is InChI=1S/C50H30N4O2/c1-3-13-32(14-4-1)47-52-48(33-15-5-2-6-16-33)54-49(53-47)41-22-11-23-44-45(41)40-21-10-20-39(46(40)55-44)37-26-27-43-42(30-37)51-50(56-43)38-19-9-18-35(29-38)36-25-24-31-12-7-8-17-34(31)28-36/h1-30H. The van der Waals surface area contributed by atoms with E-state index < -0.39 is 0 Å². The lowest BCUT2D eigenvalue weighted by Gasteiger charge is -2.09. The molecule has 262 valence electrons. The molecule has 8 aromatic carbocycles. The zero-order chi connectivity index (χ0) is 37.0. The van der Waals surface area contributed by atoms with Crippen LogP contribution in [0.25, 0.3) is 112 Å². The molecule has 0 unspecified atom stereocenters. The van der Waals surface area contributed by atoms with Crippen molar-refractivity contribution in [1.82, 2.24) is 19.9 Å². The van der Waals surface area contributed by atoms with E-state index in [1.165, 1.54) is 10.8 Å². The Morgan fingerprint density at radius 1 is 0.339 bits per heavy atom. The highest BCUT2D eigenvalue weighted by Crippen LogP contribution is 2.41. The van der Waals surface area contributed by atoms with Crippen molar-refractivity contribution in [1.29, 1.82) is 0 Å². The van der Waals surface area contributed by atoms with Gasteiger partial charge in [-0.05, 0) is 63.9 Å². The van der Waals surface area contributed by atoms with Gasteiger partial charge in [-0.15, -0.1) is 0 Å². The van der Waals surface area contributed by atoms with Crippen molar-refractivity contribution in [2.75, 3.05) is 0 Å². The number of fused-ring (bicyclic) bond motifs is 5. The van der Waals surface area contributed by atoms with Gasteiger partial charge in [0.15, 0.2) is 23.1 Å². The number of nitrogens with zero attached hydrogens (tertiary/aromatic N) is 4. The van der Waals surface area contributed by atoms with E-state index in [-0.39, 0.29) is 0 Å². The van der Waals surface area contributed by atoms with Crippen LogP contribution in [-0.4, -0.2) is 19.9 Å². The highest BCUT2D eigenvalue weighted by Gasteiger charge is 2.20. The third-order valence-corrected chi connectivity index (χ3v) is 10.4. The first kappa shape index (κ1) is 31.8. The Morgan fingerprint density at radius 3 is 1.77 bits per heavy atom. The first-order valence-electron chi connectivity index (χ1n) is 18.5. The molecule has 0 saturated carbocycles. The summed E-state index contributed by atoms with van der Waals surface area (Å²) in [4.78, 5) is 19.9. The largest absolute Gasteiger partial charge is 0.455 e. The smallest absolute Gasteiger partial charge is 0.227 e. The maximum atomic E-state index is 6.68. The summed E-state index contributed by atoms with van der Waals surface area (Å²) in [5.41, 5.74) is 10.9. The molecule has 0 amide bonds. The molecular formula is C50H30N4O2. The number of hydrogen-bond donors (Lipinski definition) is 0. The average molecular weight is 719 g/mol. The molecule has 6 nitrogen and oxygen atoms in total. The Bertz CT molecular complexity index is 3200. The van der Waals surface area contributed by atoms with Crippen molar-refractivity contribution < 1.29 is 8.83 Å². The Hall–Kier alpha value is -7.70. The van der Waals surface area contributed by atoms with Gasteiger partial charge < -0.3 is 8.83 Å². The van der Waals surface area contributed by atoms with Gasteiger partial charge in [-0.3, -0.25) is 0 Å². The highest BCUT2D eigenvalue weighted by atomic mass is 16.3. The van der Waals surface area contributed by atoms with Gasteiger partial charge in [0.2, 0.25) is 5.89 Å². The molecule has 6 heteroatoms. The third kappa shape index (κ3) is 5.51. The molecule has 3 heterocycles. The van der Waals surface area contributed by atoms with Crippen LogP contribution in [0.3, 0.4) is 0 Å². The summed E-state index contributed by atoms with van der Waals surface area (Å²) in [6.45, 7) is 0. The number of rotatable bonds is 6. The Kier molecular flexibility index (Phi) is 7.38. The van der Waals surface area contributed by atoms with Gasteiger partial charge in [0, 0.05) is 38.6 Å². The maximum absolute atomic E-state index is 6.68. The van der Waals surface area contributed by atoms with E-state index in [1.54, 1.807) is 0 Å². The van der Waals surface area contributed by atoms with Gasteiger partial charge in [0.25, 0.3) is 0 Å².